The van der Waals surface area contributed by atoms with Crippen molar-refractivity contribution >= 4 is 21.4 Å². The molecule has 2 aromatic heterocycles. The number of aromatic nitrogens is 1. The van der Waals surface area contributed by atoms with E-state index in [-0.39, 0.29) is 23.7 Å². The van der Waals surface area contributed by atoms with E-state index in [4.69, 9.17) is 4.74 Å². The van der Waals surface area contributed by atoms with Gasteiger partial charge in [-0.05, 0) is 41.8 Å². The summed E-state index contributed by atoms with van der Waals surface area (Å²) in [5.41, 5.74) is 0.846. The molecule has 8 heteroatoms. The lowest BCUT2D eigenvalue weighted by Crippen LogP contribution is -2.30. The zero-order valence-corrected chi connectivity index (χ0v) is 16.1. The molecule has 26 heavy (non-hydrogen) atoms. The van der Waals surface area contributed by atoms with Gasteiger partial charge in [0.15, 0.2) is 11.6 Å². The first kappa shape index (κ1) is 18.6. The summed E-state index contributed by atoms with van der Waals surface area (Å²) >= 11 is 1.48. The first-order chi connectivity index (χ1) is 12.4. The molecule has 3 aromatic rings. The second kappa shape index (κ2) is 7.61. The zero-order chi connectivity index (χ0) is 18.7. The summed E-state index contributed by atoms with van der Waals surface area (Å²) in [6.07, 6.45) is 1.86. The smallest absolute Gasteiger partial charge is 0.243 e. The minimum Gasteiger partial charge on any atom is -0.494 e. The molecule has 0 unspecified atom stereocenters. The largest absolute Gasteiger partial charge is 0.494 e. The van der Waals surface area contributed by atoms with Crippen LogP contribution in [-0.4, -0.2) is 24.4 Å². The third-order valence-corrected chi connectivity index (χ3v) is 6.71. The third-order valence-electron chi connectivity index (χ3n) is 4.06. The molecule has 0 saturated carbocycles. The van der Waals surface area contributed by atoms with Gasteiger partial charge < -0.3 is 9.30 Å². The van der Waals surface area contributed by atoms with Crippen molar-refractivity contribution in [3.63, 3.8) is 0 Å². The number of thiophene rings is 1. The Morgan fingerprint density at radius 3 is 2.58 bits per heavy atom. The van der Waals surface area contributed by atoms with Crippen LogP contribution in [0.3, 0.4) is 0 Å². The molecule has 0 aliphatic carbocycles. The molecule has 0 amide bonds. The number of rotatable bonds is 7. The Balaban J connectivity index is 1.98. The predicted octanol–water partition coefficient (Wildman–Crippen LogP) is 3.63. The summed E-state index contributed by atoms with van der Waals surface area (Å²) < 4.78 is 48.5. The molecule has 3 rings (SSSR count). The number of halogens is 1. The highest BCUT2D eigenvalue weighted by Gasteiger charge is 2.27. The minimum atomic E-state index is -3.89. The van der Waals surface area contributed by atoms with E-state index in [0.717, 1.165) is 16.6 Å². The van der Waals surface area contributed by atoms with Crippen LogP contribution >= 0.6 is 11.3 Å². The van der Waals surface area contributed by atoms with Crippen molar-refractivity contribution in [3.05, 3.63) is 70.4 Å². The number of benzene rings is 1. The number of hydrogen-bond donors (Lipinski definition) is 0. The van der Waals surface area contributed by atoms with Gasteiger partial charge in [-0.25, -0.2) is 12.8 Å². The van der Waals surface area contributed by atoms with Crippen molar-refractivity contribution in [2.24, 2.45) is 7.05 Å². The summed E-state index contributed by atoms with van der Waals surface area (Å²) in [4.78, 5) is 0.818. The molecule has 0 bridgehead atoms. The molecule has 138 valence electrons. The topological polar surface area (TPSA) is 51.5 Å². The van der Waals surface area contributed by atoms with E-state index in [9.17, 15) is 12.8 Å². The number of sulfonamides is 1. The standard InChI is InChI=1S/C18H19FN2O3S2/c1-20-9-3-5-14(20)12-21(13-15-6-4-10-25-15)26(22,23)16-7-8-18(24-2)17(19)11-16/h3-11H,12-13H2,1-2H3. The number of hydrogen-bond acceptors (Lipinski definition) is 4. The van der Waals surface area contributed by atoms with Gasteiger partial charge in [-0.2, -0.15) is 4.31 Å². The van der Waals surface area contributed by atoms with Crippen molar-refractivity contribution in [2.45, 2.75) is 18.0 Å². The predicted molar refractivity (Wildman–Crippen MR) is 99.1 cm³/mol. The third kappa shape index (κ3) is 3.82. The number of ether oxygens (including phenoxy) is 1. The van der Waals surface area contributed by atoms with Gasteiger partial charge in [-0.3, -0.25) is 0 Å². The van der Waals surface area contributed by atoms with Crippen molar-refractivity contribution in [3.8, 4) is 5.75 Å². The van der Waals surface area contributed by atoms with Gasteiger partial charge in [0.25, 0.3) is 0 Å². The van der Waals surface area contributed by atoms with Crippen LogP contribution < -0.4 is 4.74 Å². The Hall–Kier alpha value is -2.16. The van der Waals surface area contributed by atoms with Gasteiger partial charge >= 0.3 is 0 Å². The summed E-state index contributed by atoms with van der Waals surface area (Å²) in [6, 6.07) is 11.2. The van der Waals surface area contributed by atoms with Crippen LogP contribution in [0.25, 0.3) is 0 Å². The number of methoxy groups -OCH3 is 1. The SMILES string of the molecule is COc1ccc(S(=O)(=O)N(Cc2cccs2)Cc2cccn2C)cc1F. The zero-order valence-electron chi connectivity index (χ0n) is 14.4. The molecule has 2 heterocycles. The van der Waals surface area contributed by atoms with E-state index in [2.05, 4.69) is 0 Å². The monoisotopic (exact) mass is 394 g/mol. The molecule has 5 nitrogen and oxygen atoms in total. The Labute approximate surface area is 156 Å². The van der Waals surface area contributed by atoms with Crippen LogP contribution in [0.2, 0.25) is 0 Å². The highest BCUT2D eigenvalue weighted by molar-refractivity contribution is 7.89. The molecular formula is C18H19FN2O3S2. The fourth-order valence-electron chi connectivity index (χ4n) is 2.60. The van der Waals surface area contributed by atoms with Crippen LogP contribution in [0.5, 0.6) is 5.75 Å². The lowest BCUT2D eigenvalue weighted by atomic mass is 10.3. The summed E-state index contributed by atoms with van der Waals surface area (Å²) in [5, 5.41) is 1.90. The van der Waals surface area contributed by atoms with Crippen LogP contribution in [0.4, 0.5) is 4.39 Å². The molecule has 0 N–H and O–H groups in total. The average molecular weight is 394 g/mol. The molecule has 0 atom stereocenters. The van der Waals surface area contributed by atoms with Crippen LogP contribution in [0.1, 0.15) is 10.6 Å². The Bertz CT molecular complexity index is 982. The van der Waals surface area contributed by atoms with Crippen molar-refractivity contribution < 1.29 is 17.5 Å². The van der Waals surface area contributed by atoms with Gasteiger partial charge in [0, 0.05) is 30.4 Å². The normalized spacial score (nSPS) is 11.8. The maximum Gasteiger partial charge on any atom is 0.243 e. The molecule has 0 saturated heterocycles. The summed E-state index contributed by atoms with van der Waals surface area (Å²) in [7, 11) is -0.689. The number of aryl methyl sites for hydroxylation is 1. The molecule has 0 radical (unpaired) electrons. The second-order valence-electron chi connectivity index (χ2n) is 5.76. The summed E-state index contributed by atoms with van der Waals surface area (Å²) in [5.74, 6) is -0.695. The second-order valence-corrected chi connectivity index (χ2v) is 8.73. The van der Waals surface area contributed by atoms with Crippen molar-refractivity contribution in [2.75, 3.05) is 7.11 Å². The van der Waals surface area contributed by atoms with E-state index >= 15 is 0 Å². The lowest BCUT2D eigenvalue weighted by molar-refractivity contribution is 0.383. The highest BCUT2D eigenvalue weighted by Crippen LogP contribution is 2.26. The van der Waals surface area contributed by atoms with Crippen molar-refractivity contribution in [1.29, 1.82) is 0 Å². The first-order valence-electron chi connectivity index (χ1n) is 7.88. The van der Waals surface area contributed by atoms with Crippen LogP contribution in [0, 0.1) is 5.82 Å². The van der Waals surface area contributed by atoms with Gasteiger partial charge in [0.2, 0.25) is 10.0 Å². The molecule has 0 aliphatic rings. The minimum absolute atomic E-state index is 0.0104. The Morgan fingerprint density at radius 1 is 1.19 bits per heavy atom. The van der Waals surface area contributed by atoms with Crippen LogP contribution in [-0.2, 0) is 30.2 Å². The Kier molecular flexibility index (Phi) is 5.45. The molecule has 0 aliphatic heterocycles. The fourth-order valence-corrected chi connectivity index (χ4v) is 4.80. The Morgan fingerprint density at radius 2 is 2.00 bits per heavy atom. The van der Waals surface area contributed by atoms with Crippen LogP contribution in [0.15, 0.2) is 58.9 Å². The van der Waals surface area contributed by atoms with Gasteiger partial charge in [0.05, 0.1) is 18.6 Å². The van der Waals surface area contributed by atoms with Gasteiger partial charge in [-0.1, -0.05) is 6.07 Å². The molecule has 0 spiro atoms. The summed E-state index contributed by atoms with van der Waals surface area (Å²) in [6.45, 7) is 0.413. The van der Waals surface area contributed by atoms with Gasteiger partial charge in [0.1, 0.15) is 0 Å². The molecule has 0 fully saturated rings. The fraction of sp³-hybridized carbons (Fsp3) is 0.222. The van der Waals surface area contributed by atoms with Crippen molar-refractivity contribution in [1.82, 2.24) is 8.87 Å². The molecule has 1 aromatic carbocycles. The lowest BCUT2D eigenvalue weighted by Gasteiger charge is -2.22. The quantitative estimate of drug-likeness (QED) is 0.615. The van der Waals surface area contributed by atoms with E-state index in [1.54, 1.807) is 0 Å². The van der Waals surface area contributed by atoms with Gasteiger partial charge in [-0.15, -0.1) is 11.3 Å². The van der Waals surface area contributed by atoms with E-state index in [1.807, 2.05) is 47.5 Å². The first-order valence-corrected chi connectivity index (χ1v) is 10.2. The maximum atomic E-state index is 14.1. The van der Waals surface area contributed by atoms with E-state index in [1.165, 1.54) is 34.9 Å². The van der Waals surface area contributed by atoms with E-state index < -0.39 is 15.8 Å². The molecular weight excluding hydrogens is 375 g/mol. The number of nitrogens with zero attached hydrogens (tertiary/aromatic N) is 2. The highest BCUT2D eigenvalue weighted by atomic mass is 32.2. The van der Waals surface area contributed by atoms with E-state index in [0.29, 0.717) is 0 Å². The maximum absolute atomic E-state index is 14.1. The average Bonchev–Trinajstić information content (AvgIpc) is 3.26.